The van der Waals surface area contributed by atoms with Crippen molar-refractivity contribution < 1.29 is 4.42 Å². The monoisotopic (exact) mass is 287 g/mol. The summed E-state index contributed by atoms with van der Waals surface area (Å²) in [7, 11) is 0. The Labute approximate surface area is 127 Å². The number of nitrogens with one attached hydrogen (secondary N) is 1. The number of anilines is 2. The highest BCUT2D eigenvalue weighted by Crippen LogP contribution is 2.23. The van der Waals surface area contributed by atoms with Gasteiger partial charge in [0, 0.05) is 11.3 Å². The van der Waals surface area contributed by atoms with E-state index in [0.29, 0.717) is 0 Å². The fourth-order valence-corrected chi connectivity index (χ4v) is 2.33. The fraction of sp³-hybridized carbons (Fsp3) is 0. The molecule has 4 rings (SSSR count). The number of rotatable bonds is 3. The highest BCUT2D eigenvalue weighted by atomic mass is 16.3. The molecule has 0 bridgehead atoms. The molecule has 0 aliphatic carbocycles. The van der Waals surface area contributed by atoms with Crippen LogP contribution in [0.4, 0.5) is 11.5 Å². The van der Waals surface area contributed by atoms with E-state index in [1.54, 1.807) is 12.5 Å². The molecule has 0 fully saturated rings. The fourth-order valence-electron chi connectivity index (χ4n) is 2.33. The average Bonchev–Trinajstić information content (AvgIpc) is 3.10. The third-order valence-corrected chi connectivity index (χ3v) is 3.41. The van der Waals surface area contributed by atoms with Crippen LogP contribution in [0.15, 0.2) is 77.5 Å². The molecule has 22 heavy (non-hydrogen) atoms. The maximum atomic E-state index is 5.38. The van der Waals surface area contributed by atoms with Crippen molar-refractivity contribution in [2.45, 2.75) is 0 Å². The molecule has 4 aromatic rings. The summed E-state index contributed by atoms with van der Waals surface area (Å²) in [5.41, 5.74) is 3.76. The standard InChI is InChI=1S/C18H13N3O/c1-2-5-16-15(4-1)19-12-18(21-16)20-14-9-7-13(8-10-14)17-6-3-11-22-17/h1-12H,(H,20,21). The van der Waals surface area contributed by atoms with E-state index < -0.39 is 0 Å². The van der Waals surface area contributed by atoms with Crippen LogP contribution in [0.3, 0.4) is 0 Å². The lowest BCUT2D eigenvalue weighted by Gasteiger charge is -2.06. The third kappa shape index (κ3) is 2.42. The number of fused-ring (bicyclic) bond motifs is 1. The molecular formula is C18H13N3O. The quantitative estimate of drug-likeness (QED) is 0.596. The van der Waals surface area contributed by atoms with Crippen LogP contribution in [0.25, 0.3) is 22.4 Å². The van der Waals surface area contributed by atoms with E-state index in [1.165, 1.54) is 0 Å². The van der Waals surface area contributed by atoms with Gasteiger partial charge in [-0.25, -0.2) is 4.98 Å². The molecule has 106 valence electrons. The largest absolute Gasteiger partial charge is 0.464 e. The molecule has 0 saturated heterocycles. The molecule has 4 nitrogen and oxygen atoms in total. The van der Waals surface area contributed by atoms with Gasteiger partial charge in [0.15, 0.2) is 0 Å². The predicted molar refractivity (Wildman–Crippen MR) is 87.0 cm³/mol. The Morgan fingerprint density at radius 2 is 1.64 bits per heavy atom. The molecule has 0 aliphatic rings. The highest BCUT2D eigenvalue weighted by Gasteiger charge is 2.02. The topological polar surface area (TPSA) is 51.0 Å². The van der Waals surface area contributed by atoms with E-state index in [4.69, 9.17) is 4.42 Å². The zero-order valence-corrected chi connectivity index (χ0v) is 11.7. The number of benzene rings is 2. The first-order valence-electron chi connectivity index (χ1n) is 7.01. The lowest BCUT2D eigenvalue weighted by Crippen LogP contribution is -1.95. The first kappa shape index (κ1) is 12.6. The van der Waals surface area contributed by atoms with Crippen LogP contribution in [0.5, 0.6) is 0 Å². The normalized spacial score (nSPS) is 10.7. The van der Waals surface area contributed by atoms with Gasteiger partial charge in [-0.2, -0.15) is 0 Å². The van der Waals surface area contributed by atoms with Gasteiger partial charge < -0.3 is 9.73 Å². The Hall–Kier alpha value is -3.14. The number of furan rings is 1. The zero-order chi connectivity index (χ0) is 14.8. The number of aromatic nitrogens is 2. The summed E-state index contributed by atoms with van der Waals surface area (Å²) >= 11 is 0. The van der Waals surface area contributed by atoms with Crippen molar-refractivity contribution in [2.75, 3.05) is 5.32 Å². The Balaban J connectivity index is 1.59. The van der Waals surface area contributed by atoms with E-state index in [2.05, 4.69) is 15.3 Å². The van der Waals surface area contributed by atoms with Crippen molar-refractivity contribution in [2.24, 2.45) is 0 Å². The second kappa shape index (κ2) is 5.33. The van der Waals surface area contributed by atoms with Crippen LogP contribution >= 0.6 is 0 Å². The molecule has 0 spiro atoms. The number of para-hydroxylation sites is 2. The van der Waals surface area contributed by atoms with E-state index in [0.717, 1.165) is 33.9 Å². The van der Waals surface area contributed by atoms with Gasteiger partial charge in [-0.05, 0) is 48.5 Å². The summed E-state index contributed by atoms with van der Waals surface area (Å²) in [6, 6.07) is 19.6. The molecule has 2 aromatic heterocycles. The second-order valence-corrected chi connectivity index (χ2v) is 4.92. The maximum absolute atomic E-state index is 5.38. The number of hydrogen-bond donors (Lipinski definition) is 1. The summed E-state index contributed by atoms with van der Waals surface area (Å²) in [5.74, 6) is 1.58. The van der Waals surface area contributed by atoms with Gasteiger partial charge in [-0.1, -0.05) is 12.1 Å². The average molecular weight is 287 g/mol. The van der Waals surface area contributed by atoms with Crippen LogP contribution in [-0.2, 0) is 0 Å². The van der Waals surface area contributed by atoms with E-state index in [1.807, 2.05) is 60.7 Å². The summed E-state index contributed by atoms with van der Waals surface area (Å²) < 4.78 is 5.38. The highest BCUT2D eigenvalue weighted by molar-refractivity contribution is 5.76. The van der Waals surface area contributed by atoms with Crippen molar-refractivity contribution in [1.82, 2.24) is 9.97 Å². The number of nitrogens with zero attached hydrogens (tertiary/aromatic N) is 2. The summed E-state index contributed by atoms with van der Waals surface area (Å²) in [5, 5.41) is 3.26. The lowest BCUT2D eigenvalue weighted by atomic mass is 10.1. The van der Waals surface area contributed by atoms with Gasteiger partial charge in [0.05, 0.1) is 23.5 Å². The summed E-state index contributed by atoms with van der Waals surface area (Å²) in [6.45, 7) is 0. The van der Waals surface area contributed by atoms with Gasteiger partial charge in [-0.3, -0.25) is 4.98 Å². The lowest BCUT2D eigenvalue weighted by molar-refractivity contribution is 0.582. The van der Waals surface area contributed by atoms with Crippen molar-refractivity contribution in [1.29, 1.82) is 0 Å². The molecule has 0 saturated carbocycles. The van der Waals surface area contributed by atoms with Crippen LogP contribution in [-0.4, -0.2) is 9.97 Å². The Morgan fingerprint density at radius 3 is 2.41 bits per heavy atom. The van der Waals surface area contributed by atoms with E-state index in [-0.39, 0.29) is 0 Å². The molecule has 0 aliphatic heterocycles. The molecular weight excluding hydrogens is 274 g/mol. The smallest absolute Gasteiger partial charge is 0.149 e. The first-order chi connectivity index (χ1) is 10.9. The van der Waals surface area contributed by atoms with Crippen LogP contribution in [0, 0.1) is 0 Å². The second-order valence-electron chi connectivity index (χ2n) is 4.92. The van der Waals surface area contributed by atoms with Crippen LogP contribution in [0.2, 0.25) is 0 Å². The van der Waals surface area contributed by atoms with Gasteiger partial charge in [0.2, 0.25) is 0 Å². The minimum Gasteiger partial charge on any atom is -0.464 e. The Kier molecular flexibility index (Phi) is 3.05. The molecule has 0 amide bonds. The summed E-state index contributed by atoms with van der Waals surface area (Å²) in [6.07, 6.45) is 3.41. The van der Waals surface area contributed by atoms with Crippen molar-refractivity contribution in [3.05, 3.63) is 73.1 Å². The predicted octanol–water partition coefficient (Wildman–Crippen LogP) is 4.63. The molecule has 0 atom stereocenters. The van der Waals surface area contributed by atoms with Crippen LogP contribution in [0.1, 0.15) is 0 Å². The Morgan fingerprint density at radius 1 is 0.818 bits per heavy atom. The van der Waals surface area contributed by atoms with E-state index >= 15 is 0 Å². The SMILES string of the molecule is c1coc(-c2ccc(Nc3cnc4ccccc4n3)cc2)c1. The summed E-state index contributed by atoms with van der Waals surface area (Å²) in [4.78, 5) is 8.95. The molecule has 4 heteroatoms. The van der Waals surface area contributed by atoms with Gasteiger partial charge in [-0.15, -0.1) is 0 Å². The van der Waals surface area contributed by atoms with E-state index in [9.17, 15) is 0 Å². The van der Waals surface area contributed by atoms with Crippen LogP contribution < -0.4 is 5.32 Å². The van der Waals surface area contributed by atoms with Crippen molar-refractivity contribution >= 4 is 22.5 Å². The molecule has 1 N–H and O–H groups in total. The zero-order valence-electron chi connectivity index (χ0n) is 11.7. The molecule has 2 aromatic carbocycles. The minimum atomic E-state index is 0.726. The first-order valence-corrected chi connectivity index (χ1v) is 7.01. The molecule has 2 heterocycles. The van der Waals surface area contributed by atoms with Gasteiger partial charge in [0.1, 0.15) is 11.6 Å². The molecule has 0 unspecified atom stereocenters. The van der Waals surface area contributed by atoms with Crippen molar-refractivity contribution in [3.63, 3.8) is 0 Å². The Bertz CT molecular complexity index is 899. The van der Waals surface area contributed by atoms with Crippen molar-refractivity contribution in [3.8, 4) is 11.3 Å². The van der Waals surface area contributed by atoms with Gasteiger partial charge in [0.25, 0.3) is 0 Å². The maximum Gasteiger partial charge on any atom is 0.149 e. The molecule has 0 radical (unpaired) electrons. The number of hydrogen-bond acceptors (Lipinski definition) is 4. The third-order valence-electron chi connectivity index (χ3n) is 3.41. The minimum absolute atomic E-state index is 0.726. The van der Waals surface area contributed by atoms with Gasteiger partial charge >= 0.3 is 0 Å².